The topological polar surface area (TPSA) is 99.9 Å². The van der Waals surface area contributed by atoms with E-state index in [0.717, 1.165) is 49.1 Å². The molecule has 0 bridgehead atoms. The fourth-order valence-corrected chi connectivity index (χ4v) is 5.64. The van der Waals surface area contributed by atoms with Crippen LogP contribution in [-0.4, -0.2) is 61.6 Å². The molecule has 0 saturated carbocycles. The second-order valence-electron chi connectivity index (χ2n) is 11.0. The van der Waals surface area contributed by atoms with Crippen LogP contribution in [0.5, 0.6) is 11.5 Å². The van der Waals surface area contributed by atoms with Gasteiger partial charge in [-0.2, -0.15) is 0 Å². The van der Waals surface area contributed by atoms with E-state index in [1.165, 1.54) is 19.1 Å². The number of Topliss-reactive ketones (excluding diaryl/α,β-unsaturated/α-hetero) is 1. The van der Waals surface area contributed by atoms with Gasteiger partial charge in [0, 0.05) is 48.7 Å². The minimum absolute atomic E-state index is 0.0433. The van der Waals surface area contributed by atoms with E-state index in [1.54, 1.807) is 31.4 Å². The van der Waals surface area contributed by atoms with Crippen molar-refractivity contribution in [3.63, 3.8) is 0 Å². The monoisotopic (exact) mass is 590 g/mol. The summed E-state index contributed by atoms with van der Waals surface area (Å²) in [5.41, 5.74) is 2.85. The molecule has 4 aromatic rings. The van der Waals surface area contributed by atoms with E-state index in [2.05, 4.69) is 10.5 Å². The summed E-state index contributed by atoms with van der Waals surface area (Å²) in [6.45, 7) is 4.83. The van der Waals surface area contributed by atoms with E-state index in [-0.39, 0.29) is 24.2 Å². The van der Waals surface area contributed by atoms with Crippen LogP contribution in [-0.2, 0) is 11.3 Å². The van der Waals surface area contributed by atoms with Crippen LogP contribution >= 0.6 is 0 Å². The molecule has 5 rings (SSSR count). The summed E-state index contributed by atoms with van der Waals surface area (Å²) >= 11 is 0. The van der Waals surface area contributed by atoms with Gasteiger partial charge in [0.1, 0.15) is 5.82 Å². The SMILES string of the molecule is COc1cc(C(C)=O)ccc1OCCC[N+]1(COC(=O)NCc2ccccc2)CCC(c2noc3cc(F)ccc23)CC1. The molecule has 9 nitrogen and oxygen atoms in total. The smallest absolute Gasteiger partial charge is 0.411 e. The lowest BCUT2D eigenvalue weighted by Crippen LogP contribution is -2.55. The highest BCUT2D eigenvalue weighted by molar-refractivity contribution is 5.94. The number of alkyl carbamates (subject to hydrolysis) is 1. The number of carbonyl (C=O) groups excluding carboxylic acids is 2. The third-order valence-electron chi connectivity index (χ3n) is 8.11. The quantitative estimate of drug-likeness (QED) is 0.119. The fraction of sp³-hybridized carbons (Fsp3) is 0.364. The van der Waals surface area contributed by atoms with Crippen LogP contribution in [0.3, 0.4) is 0 Å². The summed E-state index contributed by atoms with van der Waals surface area (Å²) in [6.07, 6.45) is 1.88. The van der Waals surface area contributed by atoms with Crippen molar-refractivity contribution in [3.8, 4) is 11.5 Å². The number of amides is 1. The van der Waals surface area contributed by atoms with Gasteiger partial charge >= 0.3 is 6.09 Å². The Morgan fingerprint density at radius 1 is 1.05 bits per heavy atom. The maximum Gasteiger partial charge on any atom is 0.411 e. The number of benzene rings is 3. The first-order valence-electron chi connectivity index (χ1n) is 14.5. The van der Waals surface area contributed by atoms with Crippen molar-refractivity contribution in [3.05, 3.63) is 89.4 Å². The van der Waals surface area contributed by atoms with Crippen molar-refractivity contribution in [2.75, 3.05) is 40.1 Å². The van der Waals surface area contributed by atoms with Crippen LogP contribution in [0, 0.1) is 5.82 Å². The number of nitrogens with zero attached hydrogens (tertiary/aromatic N) is 2. The third-order valence-corrected chi connectivity index (χ3v) is 8.11. The highest BCUT2D eigenvalue weighted by Crippen LogP contribution is 2.35. The van der Waals surface area contributed by atoms with Crippen LogP contribution in [0.25, 0.3) is 11.0 Å². The largest absolute Gasteiger partial charge is 0.493 e. The summed E-state index contributed by atoms with van der Waals surface area (Å²) in [5.74, 6) is 0.842. The lowest BCUT2D eigenvalue weighted by atomic mass is 9.90. The first-order chi connectivity index (χ1) is 20.9. The van der Waals surface area contributed by atoms with Gasteiger partial charge in [-0.05, 0) is 42.8 Å². The molecule has 43 heavy (non-hydrogen) atoms. The standard InChI is InChI=1S/C33H36FN3O6/c1-23(38)26-9-12-29(31(19-26)40-2)41-18-6-15-37(22-42-33(39)35-21-24-7-4-3-5-8-24)16-13-25(14-17-37)32-28-11-10-27(34)20-30(28)43-36-32/h3-5,7-12,19-20,25H,6,13-18,21-22H2,1-2H3/p+1. The number of aromatic nitrogens is 1. The minimum atomic E-state index is -0.459. The van der Waals surface area contributed by atoms with Crippen LogP contribution in [0.4, 0.5) is 9.18 Å². The number of nitrogens with one attached hydrogen (secondary N) is 1. The van der Waals surface area contributed by atoms with Gasteiger partial charge in [0.05, 0.1) is 39.0 Å². The summed E-state index contributed by atoms with van der Waals surface area (Å²) in [4.78, 5) is 24.4. The Bertz CT molecular complexity index is 1550. The molecule has 1 aliphatic heterocycles. The number of ketones is 1. The summed E-state index contributed by atoms with van der Waals surface area (Å²) in [5, 5.41) is 7.95. The molecule has 1 aromatic heterocycles. The van der Waals surface area contributed by atoms with E-state index < -0.39 is 6.09 Å². The molecular formula is C33H37FN3O6+. The van der Waals surface area contributed by atoms with Crippen molar-refractivity contribution in [1.29, 1.82) is 0 Å². The molecule has 1 amide bonds. The van der Waals surface area contributed by atoms with Gasteiger partial charge in [0.15, 0.2) is 22.9 Å². The predicted molar refractivity (Wildman–Crippen MR) is 159 cm³/mol. The number of hydrogen-bond acceptors (Lipinski definition) is 7. The first kappa shape index (κ1) is 30.0. The number of piperidine rings is 1. The zero-order valence-electron chi connectivity index (χ0n) is 24.5. The van der Waals surface area contributed by atoms with Crippen molar-refractivity contribution in [2.45, 2.75) is 38.6 Å². The molecule has 10 heteroatoms. The van der Waals surface area contributed by atoms with Gasteiger partial charge in [-0.1, -0.05) is 35.5 Å². The van der Waals surface area contributed by atoms with E-state index in [9.17, 15) is 14.0 Å². The molecular weight excluding hydrogens is 553 g/mol. The Balaban J connectivity index is 1.22. The number of likely N-dealkylation sites (tertiary alicyclic amines) is 1. The fourth-order valence-electron chi connectivity index (χ4n) is 5.64. The maximum atomic E-state index is 13.7. The lowest BCUT2D eigenvalue weighted by Gasteiger charge is -2.42. The Morgan fingerprint density at radius 2 is 1.84 bits per heavy atom. The average molecular weight is 591 g/mol. The molecule has 0 unspecified atom stereocenters. The number of ether oxygens (including phenoxy) is 3. The Kier molecular flexibility index (Phi) is 9.56. The average Bonchev–Trinajstić information content (AvgIpc) is 3.45. The van der Waals surface area contributed by atoms with Gasteiger partial charge in [0.25, 0.3) is 0 Å². The maximum absolute atomic E-state index is 13.7. The van der Waals surface area contributed by atoms with Crippen molar-refractivity contribution < 1.29 is 37.2 Å². The summed E-state index contributed by atoms with van der Waals surface area (Å²) in [6, 6.07) is 19.3. The summed E-state index contributed by atoms with van der Waals surface area (Å²) in [7, 11) is 1.55. The van der Waals surface area contributed by atoms with Gasteiger partial charge < -0.3 is 24.1 Å². The Labute approximate surface area is 250 Å². The van der Waals surface area contributed by atoms with E-state index >= 15 is 0 Å². The number of halogens is 1. The van der Waals surface area contributed by atoms with Gasteiger partial charge in [-0.15, -0.1) is 0 Å². The van der Waals surface area contributed by atoms with E-state index in [0.29, 0.717) is 46.7 Å². The van der Waals surface area contributed by atoms with Crippen LogP contribution < -0.4 is 14.8 Å². The normalized spacial score (nSPS) is 18.3. The van der Waals surface area contributed by atoms with Crippen molar-refractivity contribution in [2.24, 2.45) is 0 Å². The zero-order chi connectivity index (χ0) is 30.2. The van der Waals surface area contributed by atoms with Crippen LogP contribution in [0.2, 0.25) is 0 Å². The molecule has 1 aliphatic rings. The Morgan fingerprint density at radius 3 is 2.58 bits per heavy atom. The predicted octanol–water partition coefficient (Wildman–Crippen LogP) is 6.23. The molecule has 1 fully saturated rings. The molecule has 0 aliphatic carbocycles. The van der Waals surface area contributed by atoms with E-state index in [4.69, 9.17) is 18.7 Å². The van der Waals surface area contributed by atoms with Crippen molar-refractivity contribution in [1.82, 2.24) is 10.5 Å². The number of fused-ring (bicyclic) bond motifs is 1. The number of quaternary nitrogens is 1. The van der Waals surface area contributed by atoms with Crippen molar-refractivity contribution >= 4 is 22.8 Å². The number of methoxy groups -OCH3 is 1. The molecule has 0 atom stereocenters. The number of carbonyl (C=O) groups is 2. The molecule has 0 spiro atoms. The third kappa shape index (κ3) is 7.50. The zero-order valence-corrected chi connectivity index (χ0v) is 24.5. The highest BCUT2D eigenvalue weighted by atomic mass is 19.1. The van der Waals surface area contributed by atoms with Gasteiger partial charge in [-0.25, -0.2) is 9.18 Å². The van der Waals surface area contributed by atoms with Gasteiger partial charge in [0.2, 0.25) is 6.73 Å². The summed E-state index contributed by atoms with van der Waals surface area (Å²) < 4.78 is 36.9. The number of rotatable bonds is 12. The molecule has 2 heterocycles. The number of hydrogen-bond donors (Lipinski definition) is 1. The molecule has 0 radical (unpaired) electrons. The molecule has 1 saturated heterocycles. The molecule has 226 valence electrons. The lowest BCUT2D eigenvalue weighted by molar-refractivity contribution is -0.948. The van der Waals surface area contributed by atoms with Gasteiger partial charge in [-0.3, -0.25) is 9.28 Å². The van der Waals surface area contributed by atoms with E-state index in [1.807, 2.05) is 30.3 Å². The molecule has 1 N–H and O–H groups in total. The second kappa shape index (κ2) is 13.7. The highest BCUT2D eigenvalue weighted by Gasteiger charge is 2.37. The van der Waals surface area contributed by atoms with Crippen LogP contribution in [0.15, 0.2) is 71.3 Å². The molecule has 3 aromatic carbocycles. The first-order valence-corrected chi connectivity index (χ1v) is 14.5. The Hall–Kier alpha value is -4.44. The minimum Gasteiger partial charge on any atom is -0.493 e. The second-order valence-corrected chi connectivity index (χ2v) is 11.0. The van der Waals surface area contributed by atoms with Crippen LogP contribution in [0.1, 0.15) is 53.7 Å².